The zero-order valence-electron chi connectivity index (χ0n) is 15.3. The van der Waals surface area contributed by atoms with Gasteiger partial charge < -0.3 is 15.4 Å². The lowest BCUT2D eigenvalue weighted by atomic mass is 10.1. The van der Waals surface area contributed by atoms with Crippen molar-refractivity contribution in [3.8, 4) is 11.3 Å². The van der Waals surface area contributed by atoms with Crippen LogP contribution in [0.1, 0.15) is 5.56 Å². The Morgan fingerprint density at radius 2 is 2.00 bits per heavy atom. The van der Waals surface area contributed by atoms with Gasteiger partial charge in [-0.05, 0) is 29.8 Å². The van der Waals surface area contributed by atoms with E-state index in [2.05, 4.69) is 31.3 Å². The molecule has 8 heteroatoms. The lowest BCUT2D eigenvalue weighted by Gasteiger charge is -2.07. The third kappa shape index (κ3) is 4.37. The Morgan fingerprint density at radius 3 is 2.76 bits per heavy atom. The van der Waals surface area contributed by atoms with Crippen LogP contribution >= 0.6 is 27.5 Å². The first-order chi connectivity index (χ1) is 14.0. The van der Waals surface area contributed by atoms with Gasteiger partial charge in [-0.3, -0.25) is 4.79 Å². The summed E-state index contributed by atoms with van der Waals surface area (Å²) < 4.78 is 2.58. The number of aromatic amines is 1. The molecule has 148 valence electrons. The molecule has 6 nitrogen and oxygen atoms in total. The van der Waals surface area contributed by atoms with Crippen LogP contribution in [0.2, 0.25) is 5.02 Å². The standard InChI is InChI=1S/C21H18BrClN4O2/c22-15-3-1-13(2-4-15)18-11-20(27(26-18)7-8-28)25-21(29)9-14-12-24-19-10-16(23)5-6-17(14)19/h1-6,10-12,24,28H,7-9H2,(H,25,29). The second-order valence-corrected chi connectivity index (χ2v) is 7.95. The van der Waals surface area contributed by atoms with Gasteiger partial charge in [0.25, 0.3) is 0 Å². The van der Waals surface area contributed by atoms with Crippen LogP contribution in [0.25, 0.3) is 22.2 Å². The Hall–Kier alpha value is -2.61. The van der Waals surface area contributed by atoms with E-state index in [9.17, 15) is 9.90 Å². The topological polar surface area (TPSA) is 82.9 Å². The molecule has 2 heterocycles. The molecular weight excluding hydrogens is 456 g/mol. The van der Waals surface area contributed by atoms with E-state index < -0.39 is 0 Å². The van der Waals surface area contributed by atoms with Crippen LogP contribution in [-0.4, -0.2) is 32.4 Å². The first-order valence-electron chi connectivity index (χ1n) is 9.03. The fraction of sp³-hybridized carbons (Fsp3) is 0.143. The van der Waals surface area contributed by atoms with E-state index in [1.165, 1.54) is 0 Å². The number of fused-ring (bicyclic) bond motifs is 1. The number of H-pyrrole nitrogens is 1. The molecule has 2 aromatic carbocycles. The fourth-order valence-corrected chi connectivity index (χ4v) is 3.65. The number of carbonyl (C=O) groups excluding carboxylic acids is 1. The van der Waals surface area contributed by atoms with Crippen LogP contribution in [-0.2, 0) is 17.8 Å². The number of benzene rings is 2. The van der Waals surface area contributed by atoms with E-state index in [1.807, 2.05) is 48.7 Å². The van der Waals surface area contributed by atoms with Gasteiger partial charge in [0.1, 0.15) is 5.82 Å². The molecule has 0 unspecified atom stereocenters. The molecule has 0 saturated heterocycles. The van der Waals surface area contributed by atoms with Gasteiger partial charge in [0.15, 0.2) is 0 Å². The van der Waals surface area contributed by atoms with Crippen LogP contribution < -0.4 is 5.32 Å². The van der Waals surface area contributed by atoms with Gasteiger partial charge in [-0.2, -0.15) is 5.10 Å². The zero-order valence-corrected chi connectivity index (χ0v) is 17.7. The van der Waals surface area contributed by atoms with Gasteiger partial charge in [0.05, 0.1) is 25.3 Å². The first-order valence-corrected chi connectivity index (χ1v) is 10.2. The van der Waals surface area contributed by atoms with Crippen molar-refractivity contribution in [3.05, 3.63) is 69.8 Å². The van der Waals surface area contributed by atoms with Crippen LogP contribution in [0.3, 0.4) is 0 Å². The van der Waals surface area contributed by atoms with Gasteiger partial charge in [0, 0.05) is 38.2 Å². The number of rotatable bonds is 6. The third-order valence-electron chi connectivity index (χ3n) is 4.58. The molecule has 0 saturated carbocycles. The largest absolute Gasteiger partial charge is 0.394 e. The monoisotopic (exact) mass is 472 g/mol. The quantitative estimate of drug-likeness (QED) is 0.382. The number of aliphatic hydroxyl groups is 1. The van der Waals surface area contributed by atoms with Crippen molar-refractivity contribution in [1.29, 1.82) is 0 Å². The molecule has 0 atom stereocenters. The van der Waals surface area contributed by atoms with E-state index in [0.717, 1.165) is 32.2 Å². The SMILES string of the molecule is O=C(Cc1c[nH]c2cc(Cl)ccc12)Nc1cc(-c2ccc(Br)cc2)nn1CCO. The lowest BCUT2D eigenvalue weighted by Crippen LogP contribution is -2.18. The summed E-state index contributed by atoms with van der Waals surface area (Å²) in [6, 6.07) is 15.1. The molecule has 3 N–H and O–H groups in total. The van der Waals surface area contributed by atoms with Gasteiger partial charge in [-0.25, -0.2) is 4.68 Å². The minimum absolute atomic E-state index is 0.0759. The fourth-order valence-electron chi connectivity index (χ4n) is 3.21. The van der Waals surface area contributed by atoms with Crippen molar-refractivity contribution in [2.75, 3.05) is 11.9 Å². The van der Waals surface area contributed by atoms with Gasteiger partial charge in [0.2, 0.25) is 5.91 Å². The van der Waals surface area contributed by atoms with Gasteiger partial charge in [-0.1, -0.05) is 45.7 Å². The van der Waals surface area contributed by atoms with E-state index in [1.54, 1.807) is 10.7 Å². The van der Waals surface area contributed by atoms with Crippen LogP contribution in [0, 0.1) is 0 Å². The van der Waals surface area contributed by atoms with E-state index >= 15 is 0 Å². The van der Waals surface area contributed by atoms with E-state index in [-0.39, 0.29) is 25.5 Å². The molecule has 29 heavy (non-hydrogen) atoms. The summed E-state index contributed by atoms with van der Waals surface area (Å²) in [7, 11) is 0. The summed E-state index contributed by atoms with van der Waals surface area (Å²) in [6.45, 7) is 0.214. The Kier molecular flexibility index (Phi) is 5.71. The molecule has 0 radical (unpaired) electrons. The lowest BCUT2D eigenvalue weighted by molar-refractivity contribution is -0.115. The molecule has 1 amide bonds. The Balaban J connectivity index is 1.55. The minimum atomic E-state index is -0.165. The minimum Gasteiger partial charge on any atom is -0.394 e. The molecule has 0 bridgehead atoms. The summed E-state index contributed by atoms with van der Waals surface area (Å²) in [4.78, 5) is 15.8. The maximum Gasteiger partial charge on any atom is 0.230 e. The second-order valence-electron chi connectivity index (χ2n) is 6.60. The number of carbonyl (C=O) groups is 1. The third-order valence-corrected chi connectivity index (χ3v) is 5.34. The number of aliphatic hydroxyl groups excluding tert-OH is 1. The predicted molar refractivity (Wildman–Crippen MR) is 118 cm³/mol. The number of nitrogens with zero attached hydrogens (tertiary/aromatic N) is 2. The molecule has 4 rings (SSSR count). The highest BCUT2D eigenvalue weighted by molar-refractivity contribution is 9.10. The van der Waals surface area contributed by atoms with Gasteiger partial charge >= 0.3 is 0 Å². The van der Waals surface area contributed by atoms with Crippen molar-refractivity contribution < 1.29 is 9.90 Å². The maximum absolute atomic E-state index is 12.7. The first kappa shape index (κ1) is 19.7. The summed E-state index contributed by atoms with van der Waals surface area (Å²) in [5, 5.41) is 18.4. The highest BCUT2D eigenvalue weighted by Gasteiger charge is 2.14. The van der Waals surface area contributed by atoms with Crippen molar-refractivity contribution >= 4 is 50.2 Å². The van der Waals surface area contributed by atoms with Gasteiger partial charge in [-0.15, -0.1) is 0 Å². The smallest absolute Gasteiger partial charge is 0.230 e. The predicted octanol–water partition coefficient (Wildman–Crippen LogP) is 4.62. The van der Waals surface area contributed by atoms with Crippen LogP contribution in [0.4, 0.5) is 5.82 Å². The van der Waals surface area contributed by atoms with Crippen molar-refractivity contribution in [2.45, 2.75) is 13.0 Å². The highest BCUT2D eigenvalue weighted by Crippen LogP contribution is 2.25. The average molecular weight is 474 g/mol. The Morgan fingerprint density at radius 1 is 1.21 bits per heavy atom. The molecule has 0 aliphatic rings. The summed E-state index contributed by atoms with van der Waals surface area (Å²) in [6.07, 6.45) is 2.03. The molecule has 0 aliphatic heterocycles. The summed E-state index contributed by atoms with van der Waals surface area (Å²) in [5.41, 5.74) is 3.43. The zero-order chi connectivity index (χ0) is 20.4. The molecule has 0 fully saturated rings. The average Bonchev–Trinajstić information content (AvgIpc) is 3.27. The molecule has 2 aromatic heterocycles. The van der Waals surface area contributed by atoms with Crippen molar-refractivity contribution in [1.82, 2.24) is 14.8 Å². The number of amides is 1. The number of halogens is 2. The Labute approximate surface area is 180 Å². The number of aromatic nitrogens is 3. The van der Waals surface area contributed by atoms with E-state index in [4.69, 9.17) is 11.6 Å². The molecule has 0 spiro atoms. The van der Waals surface area contributed by atoms with Crippen molar-refractivity contribution in [3.63, 3.8) is 0 Å². The molecule has 4 aromatic rings. The van der Waals surface area contributed by atoms with Crippen LogP contribution in [0.15, 0.2) is 59.2 Å². The normalized spacial score (nSPS) is 11.1. The number of nitrogens with one attached hydrogen (secondary N) is 2. The van der Waals surface area contributed by atoms with Crippen LogP contribution in [0.5, 0.6) is 0 Å². The summed E-state index contributed by atoms with van der Waals surface area (Å²) >= 11 is 9.44. The Bertz CT molecular complexity index is 1170. The second kappa shape index (κ2) is 8.41. The number of hydrogen-bond acceptors (Lipinski definition) is 3. The summed E-state index contributed by atoms with van der Waals surface area (Å²) in [5.74, 6) is 0.382. The maximum atomic E-state index is 12.7. The van der Waals surface area contributed by atoms with E-state index in [0.29, 0.717) is 10.8 Å². The van der Waals surface area contributed by atoms with Crippen molar-refractivity contribution in [2.24, 2.45) is 0 Å². The number of hydrogen-bond donors (Lipinski definition) is 3. The molecule has 0 aliphatic carbocycles. The highest BCUT2D eigenvalue weighted by atomic mass is 79.9. The molecular formula is C21H18BrClN4O2. The number of anilines is 1.